The molecule has 1 amide bonds. The number of aromatic nitrogens is 2. The molecule has 2 heterocycles. The van der Waals surface area contributed by atoms with Crippen molar-refractivity contribution in [3.63, 3.8) is 0 Å². The zero-order valence-corrected chi connectivity index (χ0v) is 12.7. The molecule has 0 spiro atoms. The Morgan fingerprint density at radius 2 is 2.10 bits per heavy atom. The van der Waals surface area contributed by atoms with Gasteiger partial charge in [0.05, 0.1) is 17.8 Å². The van der Waals surface area contributed by atoms with Crippen LogP contribution in [-0.2, 0) is 4.79 Å². The van der Waals surface area contributed by atoms with Gasteiger partial charge in [-0.1, -0.05) is 20.3 Å². The van der Waals surface area contributed by atoms with Crippen molar-refractivity contribution in [3.8, 4) is 0 Å². The SMILES string of the molecule is CCC(C)CC(=O)N1CCC(n2cc(C(=O)O)cn2)CC1. The molecule has 1 N–H and O–H groups in total. The molecular weight excluding hydrogens is 270 g/mol. The van der Waals surface area contributed by atoms with Crippen LogP contribution >= 0.6 is 0 Å². The van der Waals surface area contributed by atoms with Crippen LogP contribution in [0.1, 0.15) is 55.9 Å². The average molecular weight is 293 g/mol. The standard InChI is InChI=1S/C15H23N3O3/c1-3-11(2)8-14(19)17-6-4-13(5-7-17)18-10-12(9-16-18)15(20)21/h9-11,13H,3-8H2,1-2H3,(H,20,21). The van der Waals surface area contributed by atoms with Gasteiger partial charge < -0.3 is 10.0 Å². The number of rotatable bonds is 5. The molecule has 2 rings (SSSR count). The van der Waals surface area contributed by atoms with Gasteiger partial charge in [0.2, 0.25) is 5.91 Å². The number of carbonyl (C=O) groups is 2. The average Bonchev–Trinajstić information content (AvgIpc) is 2.97. The quantitative estimate of drug-likeness (QED) is 0.903. The summed E-state index contributed by atoms with van der Waals surface area (Å²) in [4.78, 5) is 24.9. The van der Waals surface area contributed by atoms with Gasteiger partial charge in [0.15, 0.2) is 0 Å². The van der Waals surface area contributed by atoms with Gasteiger partial charge >= 0.3 is 5.97 Å². The molecule has 1 saturated heterocycles. The maximum Gasteiger partial charge on any atom is 0.338 e. The van der Waals surface area contributed by atoms with Crippen LogP contribution < -0.4 is 0 Å². The fraction of sp³-hybridized carbons (Fsp3) is 0.667. The first-order valence-electron chi connectivity index (χ1n) is 7.56. The predicted molar refractivity (Wildman–Crippen MR) is 78.1 cm³/mol. The highest BCUT2D eigenvalue weighted by Crippen LogP contribution is 2.23. The van der Waals surface area contributed by atoms with Gasteiger partial charge in [-0.25, -0.2) is 4.79 Å². The molecule has 1 aromatic rings. The molecule has 1 unspecified atom stereocenters. The van der Waals surface area contributed by atoms with E-state index >= 15 is 0 Å². The molecule has 0 saturated carbocycles. The largest absolute Gasteiger partial charge is 0.478 e. The molecule has 0 radical (unpaired) electrons. The molecule has 1 atom stereocenters. The summed E-state index contributed by atoms with van der Waals surface area (Å²) >= 11 is 0. The minimum Gasteiger partial charge on any atom is -0.478 e. The molecular formula is C15H23N3O3. The highest BCUT2D eigenvalue weighted by molar-refractivity contribution is 5.86. The Labute approximate surface area is 124 Å². The number of carbonyl (C=O) groups excluding carboxylic acids is 1. The second-order valence-corrected chi connectivity index (χ2v) is 5.84. The molecule has 1 aliphatic rings. The number of nitrogens with zero attached hydrogens (tertiary/aromatic N) is 3. The van der Waals surface area contributed by atoms with Gasteiger partial charge in [-0.2, -0.15) is 5.10 Å². The van der Waals surface area contributed by atoms with E-state index in [1.165, 1.54) is 6.20 Å². The Morgan fingerprint density at radius 3 is 2.62 bits per heavy atom. The van der Waals surface area contributed by atoms with E-state index in [2.05, 4.69) is 18.9 Å². The first-order chi connectivity index (χ1) is 10.0. The van der Waals surface area contributed by atoms with E-state index in [9.17, 15) is 9.59 Å². The normalized spacial score (nSPS) is 17.7. The number of piperidine rings is 1. The smallest absolute Gasteiger partial charge is 0.338 e. The third-order valence-corrected chi connectivity index (χ3v) is 4.26. The number of likely N-dealkylation sites (tertiary alicyclic amines) is 1. The number of hydrogen-bond acceptors (Lipinski definition) is 3. The number of hydrogen-bond donors (Lipinski definition) is 1. The van der Waals surface area contributed by atoms with E-state index in [1.807, 2.05) is 4.90 Å². The molecule has 0 bridgehead atoms. The summed E-state index contributed by atoms with van der Waals surface area (Å²) in [5.74, 6) is -0.295. The van der Waals surface area contributed by atoms with E-state index in [0.717, 1.165) is 32.4 Å². The highest BCUT2D eigenvalue weighted by Gasteiger charge is 2.25. The molecule has 0 aliphatic carbocycles. The van der Waals surface area contributed by atoms with Crippen LogP contribution in [0.15, 0.2) is 12.4 Å². The number of carboxylic acids is 1. The minimum atomic E-state index is -0.956. The summed E-state index contributed by atoms with van der Waals surface area (Å²) in [6.45, 7) is 5.65. The third-order valence-electron chi connectivity index (χ3n) is 4.26. The third kappa shape index (κ3) is 3.83. The van der Waals surface area contributed by atoms with Crippen molar-refractivity contribution in [1.29, 1.82) is 0 Å². The van der Waals surface area contributed by atoms with Crippen LogP contribution in [0.4, 0.5) is 0 Å². The molecule has 0 aromatic carbocycles. The molecule has 1 aliphatic heterocycles. The summed E-state index contributed by atoms with van der Waals surface area (Å²) < 4.78 is 1.72. The molecule has 116 valence electrons. The van der Waals surface area contributed by atoms with Crippen molar-refractivity contribution in [2.75, 3.05) is 13.1 Å². The van der Waals surface area contributed by atoms with Gasteiger partial charge in [-0.05, 0) is 18.8 Å². The lowest BCUT2D eigenvalue weighted by Crippen LogP contribution is -2.39. The Bertz CT molecular complexity index is 504. The first kappa shape index (κ1) is 15.5. The molecule has 1 aromatic heterocycles. The summed E-state index contributed by atoms with van der Waals surface area (Å²) in [6.07, 6.45) is 6.24. The Hall–Kier alpha value is -1.85. The van der Waals surface area contributed by atoms with Crippen molar-refractivity contribution in [2.24, 2.45) is 5.92 Å². The Balaban J connectivity index is 1.87. The van der Waals surface area contributed by atoms with E-state index < -0.39 is 5.97 Å². The summed E-state index contributed by atoms with van der Waals surface area (Å²) in [6, 6.07) is 0.186. The Kier molecular flexibility index (Phi) is 4.98. The van der Waals surface area contributed by atoms with Crippen molar-refractivity contribution >= 4 is 11.9 Å². The number of aromatic carboxylic acids is 1. The topological polar surface area (TPSA) is 75.4 Å². The van der Waals surface area contributed by atoms with Crippen molar-refractivity contribution < 1.29 is 14.7 Å². The van der Waals surface area contributed by atoms with Crippen molar-refractivity contribution in [2.45, 2.75) is 45.6 Å². The number of carboxylic acid groups (broad SMARTS) is 1. The lowest BCUT2D eigenvalue weighted by Gasteiger charge is -2.32. The van der Waals surface area contributed by atoms with Crippen molar-refractivity contribution in [3.05, 3.63) is 18.0 Å². The van der Waals surface area contributed by atoms with E-state index in [1.54, 1.807) is 10.9 Å². The van der Waals surface area contributed by atoms with Gasteiger partial charge in [0.25, 0.3) is 0 Å². The monoisotopic (exact) mass is 293 g/mol. The zero-order chi connectivity index (χ0) is 15.4. The zero-order valence-electron chi connectivity index (χ0n) is 12.7. The maximum atomic E-state index is 12.1. The molecule has 6 nitrogen and oxygen atoms in total. The first-order valence-corrected chi connectivity index (χ1v) is 7.56. The highest BCUT2D eigenvalue weighted by atomic mass is 16.4. The second kappa shape index (κ2) is 6.74. The van der Waals surface area contributed by atoms with Gasteiger partial charge in [-0.15, -0.1) is 0 Å². The lowest BCUT2D eigenvalue weighted by molar-refractivity contribution is -0.133. The fourth-order valence-electron chi connectivity index (χ4n) is 2.60. The number of amides is 1. The van der Waals surface area contributed by atoms with Gasteiger partial charge in [0.1, 0.15) is 0 Å². The molecule has 6 heteroatoms. The fourth-order valence-corrected chi connectivity index (χ4v) is 2.60. The van der Waals surface area contributed by atoms with Gasteiger partial charge in [-0.3, -0.25) is 9.48 Å². The van der Waals surface area contributed by atoms with Crippen LogP contribution in [0, 0.1) is 5.92 Å². The summed E-state index contributed by atoms with van der Waals surface area (Å²) in [7, 11) is 0. The van der Waals surface area contributed by atoms with E-state index in [4.69, 9.17) is 5.11 Å². The minimum absolute atomic E-state index is 0.186. The van der Waals surface area contributed by atoms with Crippen LogP contribution in [0.25, 0.3) is 0 Å². The Morgan fingerprint density at radius 1 is 1.43 bits per heavy atom. The molecule has 1 fully saturated rings. The van der Waals surface area contributed by atoms with E-state index in [0.29, 0.717) is 12.3 Å². The van der Waals surface area contributed by atoms with Crippen LogP contribution in [0.5, 0.6) is 0 Å². The van der Waals surface area contributed by atoms with Crippen LogP contribution in [-0.4, -0.2) is 44.8 Å². The maximum absolute atomic E-state index is 12.1. The predicted octanol–water partition coefficient (Wildman–Crippen LogP) is 2.18. The van der Waals surface area contributed by atoms with Crippen LogP contribution in [0.3, 0.4) is 0 Å². The summed E-state index contributed by atoms with van der Waals surface area (Å²) in [5.41, 5.74) is 0.213. The van der Waals surface area contributed by atoms with Crippen molar-refractivity contribution in [1.82, 2.24) is 14.7 Å². The van der Waals surface area contributed by atoms with Crippen LogP contribution in [0.2, 0.25) is 0 Å². The second-order valence-electron chi connectivity index (χ2n) is 5.84. The molecule has 21 heavy (non-hydrogen) atoms. The summed E-state index contributed by atoms with van der Waals surface area (Å²) in [5, 5.41) is 13.0. The van der Waals surface area contributed by atoms with E-state index in [-0.39, 0.29) is 17.5 Å². The lowest BCUT2D eigenvalue weighted by atomic mass is 10.0. The van der Waals surface area contributed by atoms with Gasteiger partial charge in [0, 0.05) is 25.7 Å².